The van der Waals surface area contributed by atoms with Crippen molar-refractivity contribution in [1.29, 1.82) is 0 Å². The van der Waals surface area contributed by atoms with Crippen molar-refractivity contribution in [1.82, 2.24) is 20.0 Å². The number of nitrogens with one attached hydrogen (secondary N) is 1. The molecule has 2 heterocycles. The molecular weight excluding hydrogens is 467 g/mol. The van der Waals surface area contributed by atoms with E-state index in [2.05, 4.69) is 10.2 Å². The van der Waals surface area contributed by atoms with E-state index in [-0.39, 0.29) is 17.7 Å². The molecule has 0 radical (unpaired) electrons. The molecule has 2 aromatic carbocycles. The first kappa shape index (κ1) is 25.2. The molecule has 1 N–H and O–H groups in total. The van der Waals surface area contributed by atoms with Gasteiger partial charge in [-0.3, -0.25) is 19.3 Å². The van der Waals surface area contributed by atoms with Crippen molar-refractivity contribution in [3.63, 3.8) is 0 Å². The minimum atomic E-state index is -0.569. The first-order chi connectivity index (χ1) is 17.0. The maximum Gasteiger partial charge on any atom is 0.255 e. The van der Waals surface area contributed by atoms with E-state index in [0.29, 0.717) is 50.6 Å². The second-order valence-electron chi connectivity index (χ2n) is 8.77. The van der Waals surface area contributed by atoms with Gasteiger partial charge < -0.3 is 15.1 Å². The summed E-state index contributed by atoms with van der Waals surface area (Å²) >= 11 is 1.47. The summed E-state index contributed by atoms with van der Waals surface area (Å²) in [5.74, 6) is -0.0480. The molecule has 186 valence electrons. The third-order valence-electron chi connectivity index (χ3n) is 6.30. The Bertz CT molecular complexity index is 1020. The number of halogens is 1. The zero-order valence-electron chi connectivity index (χ0n) is 19.7. The van der Waals surface area contributed by atoms with Crippen LogP contribution in [0.2, 0.25) is 0 Å². The molecule has 4 rings (SSSR count). The molecule has 2 fully saturated rings. The molecule has 0 saturated carbocycles. The molecule has 2 aliphatic rings. The fourth-order valence-electron chi connectivity index (χ4n) is 4.40. The van der Waals surface area contributed by atoms with Crippen LogP contribution in [0, 0.1) is 5.82 Å². The average Bonchev–Trinajstić information content (AvgIpc) is 3.24. The second-order valence-corrected chi connectivity index (χ2v) is 9.96. The van der Waals surface area contributed by atoms with Gasteiger partial charge in [-0.05, 0) is 42.7 Å². The fraction of sp³-hybridized carbons (Fsp3) is 0.423. The van der Waals surface area contributed by atoms with E-state index in [1.54, 1.807) is 9.80 Å². The fourth-order valence-corrected chi connectivity index (χ4v) is 5.59. The Morgan fingerprint density at radius 3 is 2.49 bits per heavy atom. The molecule has 7 nitrogen and oxygen atoms in total. The Labute approximate surface area is 209 Å². The normalized spacial score (nSPS) is 18.8. The highest BCUT2D eigenvalue weighted by atomic mass is 32.2. The standard InChI is InChI=1S/C26H31FN4O3S/c27-22-9-7-21(8-10-22)24(33)31-17-18-35-26(31)25(34)30-14-4-13-29(15-16-30)19-23(32)28-12-11-20-5-2-1-3-6-20/h1-3,5-10,26H,4,11-19H2,(H,28,32). The second kappa shape index (κ2) is 12.2. The van der Waals surface area contributed by atoms with Gasteiger partial charge in [0.25, 0.3) is 11.8 Å². The highest BCUT2D eigenvalue weighted by Crippen LogP contribution is 2.27. The smallest absolute Gasteiger partial charge is 0.255 e. The van der Waals surface area contributed by atoms with Gasteiger partial charge in [-0.1, -0.05) is 30.3 Å². The summed E-state index contributed by atoms with van der Waals surface area (Å²) in [5.41, 5.74) is 1.57. The van der Waals surface area contributed by atoms with Crippen molar-refractivity contribution >= 4 is 29.5 Å². The van der Waals surface area contributed by atoms with Crippen LogP contribution in [0.25, 0.3) is 0 Å². The van der Waals surface area contributed by atoms with Crippen molar-refractivity contribution in [2.24, 2.45) is 0 Å². The molecule has 35 heavy (non-hydrogen) atoms. The van der Waals surface area contributed by atoms with Gasteiger partial charge in [-0.2, -0.15) is 0 Å². The zero-order valence-corrected chi connectivity index (χ0v) is 20.5. The Kier molecular flexibility index (Phi) is 8.76. The number of rotatable bonds is 7. The van der Waals surface area contributed by atoms with Gasteiger partial charge in [0.2, 0.25) is 5.91 Å². The number of amides is 3. The van der Waals surface area contributed by atoms with Crippen molar-refractivity contribution in [2.45, 2.75) is 18.2 Å². The van der Waals surface area contributed by atoms with Crippen LogP contribution >= 0.6 is 11.8 Å². The van der Waals surface area contributed by atoms with E-state index in [0.717, 1.165) is 19.4 Å². The molecule has 0 spiro atoms. The Morgan fingerprint density at radius 1 is 0.943 bits per heavy atom. The van der Waals surface area contributed by atoms with Crippen LogP contribution < -0.4 is 5.32 Å². The molecule has 2 saturated heterocycles. The topological polar surface area (TPSA) is 73.0 Å². The number of thioether (sulfide) groups is 1. The van der Waals surface area contributed by atoms with Crippen LogP contribution in [0.15, 0.2) is 54.6 Å². The minimum Gasteiger partial charge on any atom is -0.355 e. The molecule has 3 amide bonds. The lowest BCUT2D eigenvalue weighted by atomic mass is 10.1. The third kappa shape index (κ3) is 6.82. The molecule has 9 heteroatoms. The Hall–Kier alpha value is -2.91. The van der Waals surface area contributed by atoms with Gasteiger partial charge in [0.1, 0.15) is 5.82 Å². The lowest BCUT2D eigenvalue weighted by Gasteiger charge is -2.29. The largest absolute Gasteiger partial charge is 0.355 e. The van der Waals surface area contributed by atoms with Crippen LogP contribution in [-0.4, -0.2) is 89.4 Å². The van der Waals surface area contributed by atoms with E-state index in [4.69, 9.17) is 0 Å². The Morgan fingerprint density at radius 2 is 1.71 bits per heavy atom. The van der Waals surface area contributed by atoms with Gasteiger partial charge >= 0.3 is 0 Å². The number of carbonyl (C=O) groups excluding carboxylic acids is 3. The predicted molar refractivity (Wildman–Crippen MR) is 134 cm³/mol. The van der Waals surface area contributed by atoms with Crippen molar-refractivity contribution in [3.05, 3.63) is 71.5 Å². The maximum atomic E-state index is 13.3. The molecular formula is C26H31FN4O3S. The summed E-state index contributed by atoms with van der Waals surface area (Å²) < 4.78 is 13.2. The van der Waals surface area contributed by atoms with Gasteiger partial charge in [-0.15, -0.1) is 11.8 Å². The van der Waals surface area contributed by atoms with Gasteiger partial charge in [-0.25, -0.2) is 4.39 Å². The summed E-state index contributed by atoms with van der Waals surface area (Å²) in [4.78, 5) is 44.1. The van der Waals surface area contributed by atoms with E-state index in [1.807, 2.05) is 30.3 Å². The molecule has 0 aromatic heterocycles. The quantitative estimate of drug-likeness (QED) is 0.634. The number of carbonyl (C=O) groups is 3. The van der Waals surface area contributed by atoms with Gasteiger partial charge in [0.05, 0.1) is 6.54 Å². The van der Waals surface area contributed by atoms with Crippen molar-refractivity contribution in [2.75, 3.05) is 51.6 Å². The highest BCUT2D eigenvalue weighted by Gasteiger charge is 2.38. The van der Waals surface area contributed by atoms with E-state index in [9.17, 15) is 18.8 Å². The molecule has 2 aliphatic heterocycles. The van der Waals surface area contributed by atoms with Crippen LogP contribution in [0.5, 0.6) is 0 Å². The molecule has 2 aromatic rings. The summed E-state index contributed by atoms with van der Waals surface area (Å²) in [6, 6.07) is 15.5. The summed E-state index contributed by atoms with van der Waals surface area (Å²) in [7, 11) is 0. The number of benzene rings is 2. The summed E-state index contributed by atoms with van der Waals surface area (Å²) in [5, 5.41) is 2.41. The molecule has 1 atom stereocenters. The summed E-state index contributed by atoms with van der Waals surface area (Å²) in [6.07, 6.45) is 1.56. The highest BCUT2D eigenvalue weighted by molar-refractivity contribution is 8.00. The lowest BCUT2D eigenvalue weighted by molar-refractivity contribution is -0.132. The third-order valence-corrected chi connectivity index (χ3v) is 7.49. The van der Waals surface area contributed by atoms with E-state index in [1.165, 1.54) is 41.6 Å². The number of nitrogens with zero attached hydrogens (tertiary/aromatic N) is 3. The van der Waals surface area contributed by atoms with Gasteiger partial charge in [0, 0.05) is 50.6 Å². The van der Waals surface area contributed by atoms with Crippen molar-refractivity contribution < 1.29 is 18.8 Å². The summed E-state index contributed by atoms with van der Waals surface area (Å²) in [6.45, 7) is 3.86. The first-order valence-corrected chi connectivity index (χ1v) is 13.1. The maximum absolute atomic E-state index is 13.3. The Balaban J connectivity index is 1.25. The van der Waals surface area contributed by atoms with E-state index >= 15 is 0 Å². The number of hydrogen-bond acceptors (Lipinski definition) is 5. The molecule has 1 unspecified atom stereocenters. The molecule has 0 aliphatic carbocycles. The predicted octanol–water partition coefficient (Wildman–Crippen LogP) is 2.23. The lowest BCUT2D eigenvalue weighted by Crippen LogP contribution is -2.48. The van der Waals surface area contributed by atoms with Crippen molar-refractivity contribution in [3.8, 4) is 0 Å². The monoisotopic (exact) mass is 498 g/mol. The van der Waals surface area contributed by atoms with Crippen LogP contribution in [0.3, 0.4) is 0 Å². The number of hydrogen-bond donors (Lipinski definition) is 1. The van der Waals surface area contributed by atoms with Crippen LogP contribution in [0.4, 0.5) is 4.39 Å². The molecule has 0 bridgehead atoms. The SMILES string of the molecule is O=C(CN1CCCN(C(=O)C2SCCN2C(=O)c2ccc(F)cc2)CC1)NCCc1ccccc1. The van der Waals surface area contributed by atoms with Crippen LogP contribution in [-0.2, 0) is 16.0 Å². The first-order valence-electron chi connectivity index (χ1n) is 12.0. The van der Waals surface area contributed by atoms with Gasteiger partial charge in [0.15, 0.2) is 5.37 Å². The minimum absolute atomic E-state index is 0.0110. The zero-order chi connectivity index (χ0) is 24.6. The average molecular weight is 499 g/mol. The van der Waals surface area contributed by atoms with E-state index < -0.39 is 11.2 Å². The van der Waals surface area contributed by atoms with Crippen LogP contribution in [0.1, 0.15) is 22.3 Å².